The Morgan fingerprint density at radius 1 is 0.955 bits per heavy atom. The van der Waals surface area contributed by atoms with Gasteiger partial charge in [-0.05, 0) is 62.4 Å². The molecule has 2 rings (SSSR count). The summed E-state index contributed by atoms with van der Waals surface area (Å²) in [6.07, 6.45) is 0. The minimum absolute atomic E-state index is 0.0690. The van der Waals surface area contributed by atoms with E-state index < -0.39 is 0 Å². The van der Waals surface area contributed by atoms with Gasteiger partial charge in [0.05, 0.1) is 0 Å². The van der Waals surface area contributed by atoms with Gasteiger partial charge in [-0.25, -0.2) is 0 Å². The Bertz CT molecular complexity index is 610. The van der Waals surface area contributed by atoms with Crippen LogP contribution in [0.3, 0.4) is 0 Å². The second kappa shape index (κ2) is 7.94. The number of nitrogens with one attached hydrogen (secondary N) is 1. The molecule has 0 spiro atoms. The topological polar surface area (TPSA) is 48.3 Å². The highest BCUT2D eigenvalue weighted by atomic mass is 16.5. The highest BCUT2D eigenvalue weighted by Gasteiger charge is 2.02. The number of anilines is 3. The Kier molecular flexibility index (Phi) is 5.67. The molecule has 0 saturated carbocycles. The molecule has 0 aliphatic heterocycles. The maximum absolute atomic E-state index is 8.48. The first kappa shape index (κ1) is 15.7. The third kappa shape index (κ3) is 4.16. The van der Waals surface area contributed by atoms with E-state index in [0.717, 1.165) is 24.5 Å². The van der Waals surface area contributed by atoms with E-state index in [9.17, 15) is 0 Å². The quantitative estimate of drug-likeness (QED) is 0.832. The molecule has 2 aromatic carbocycles. The van der Waals surface area contributed by atoms with Crippen LogP contribution in [-0.4, -0.2) is 19.7 Å². The van der Waals surface area contributed by atoms with Crippen molar-refractivity contribution in [3.8, 4) is 11.8 Å². The lowest BCUT2D eigenvalue weighted by Gasteiger charge is -2.21. The van der Waals surface area contributed by atoms with Crippen molar-refractivity contribution in [2.24, 2.45) is 0 Å². The van der Waals surface area contributed by atoms with Crippen LogP contribution in [-0.2, 0) is 0 Å². The maximum atomic E-state index is 8.48. The lowest BCUT2D eigenvalue weighted by atomic mass is 10.2. The van der Waals surface area contributed by atoms with Crippen LogP contribution in [0.2, 0.25) is 0 Å². The molecule has 0 bridgehead atoms. The predicted octanol–water partition coefficient (Wildman–Crippen LogP) is 4.18. The van der Waals surface area contributed by atoms with Crippen LogP contribution in [0.5, 0.6) is 5.75 Å². The minimum atomic E-state index is 0.0690. The lowest BCUT2D eigenvalue weighted by molar-refractivity contribution is 0.368. The van der Waals surface area contributed by atoms with Gasteiger partial charge in [-0.1, -0.05) is 0 Å². The summed E-state index contributed by atoms with van der Waals surface area (Å²) < 4.78 is 5.23. The fourth-order valence-corrected chi connectivity index (χ4v) is 2.26. The van der Waals surface area contributed by atoms with Gasteiger partial charge in [0.1, 0.15) is 11.8 Å². The zero-order valence-corrected chi connectivity index (χ0v) is 13.0. The predicted molar refractivity (Wildman–Crippen MR) is 90.8 cm³/mol. The molecule has 4 heteroatoms. The molecular weight excluding hydrogens is 274 g/mol. The van der Waals surface area contributed by atoms with Crippen molar-refractivity contribution in [2.45, 2.75) is 13.8 Å². The molecule has 1 N–H and O–H groups in total. The van der Waals surface area contributed by atoms with Crippen LogP contribution in [0.4, 0.5) is 17.1 Å². The first-order valence-electron chi connectivity index (χ1n) is 7.48. The average Bonchev–Trinajstić information content (AvgIpc) is 2.57. The van der Waals surface area contributed by atoms with Crippen LogP contribution in [0.25, 0.3) is 0 Å². The number of rotatable bonds is 7. The summed E-state index contributed by atoms with van der Waals surface area (Å²) in [7, 11) is 0. The Labute approximate surface area is 131 Å². The van der Waals surface area contributed by atoms with Crippen molar-refractivity contribution in [1.29, 1.82) is 5.26 Å². The molecule has 0 atom stereocenters. The maximum Gasteiger partial charge on any atom is 0.174 e. The molecule has 22 heavy (non-hydrogen) atoms. The summed E-state index contributed by atoms with van der Waals surface area (Å²) in [5, 5.41) is 11.8. The van der Waals surface area contributed by atoms with Gasteiger partial charge in [-0.3, -0.25) is 0 Å². The fourth-order valence-electron chi connectivity index (χ4n) is 2.26. The van der Waals surface area contributed by atoms with Crippen LogP contribution < -0.4 is 15.0 Å². The smallest absolute Gasteiger partial charge is 0.174 e. The molecule has 0 aliphatic rings. The van der Waals surface area contributed by atoms with Crippen molar-refractivity contribution in [3.05, 3.63) is 48.5 Å². The van der Waals surface area contributed by atoms with E-state index in [0.29, 0.717) is 5.75 Å². The van der Waals surface area contributed by atoms with Crippen LogP contribution in [0.1, 0.15) is 13.8 Å². The number of hydrogen-bond donors (Lipinski definition) is 1. The van der Waals surface area contributed by atoms with Gasteiger partial charge < -0.3 is 15.0 Å². The van der Waals surface area contributed by atoms with E-state index in [4.69, 9.17) is 10.00 Å². The highest BCUT2D eigenvalue weighted by Crippen LogP contribution is 2.22. The van der Waals surface area contributed by atoms with E-state index in [1.807, 2.05) is 30.3 Å². The molecule has 0 amide bonds. The number of nitrogens with zero attached hydrogens (tertiary/aromatic N) is 2. The summed E-state index contributed by atoms with van der Waals surface area (Å²) in [5.41, 5.74) is 3.26. The van der Waals surface area contributed by atoms with Crippen LogP contribution >= 0.6 is 0 Å². The Balaban J connectivity index is 2.00. The molecular formula is C18H21N3O. The Morgan fingerprint density at radius 2 is 1.50 bits per heavy atom. The fraction of sp³-hybridized carbons (Fsp3) is 0.278. The molecule has 0 aromatic heterocycles. The van der Waals surface area contributed by atoms with Gasteiger partial charge in [-0.2, -0.15) is 5.26 Å². The molecule has 0 fully saturated rings. The van der Waals surface area contributed by atoms with E-state index in [-0.39, 0.29) is 6.61 Å². The third-order valence-corrected chi connectivity index (χ3v) is 3.44. The zero-order chi connectivity index (χ0) is 15.8. The number of ether oxygens (including phenoxy) is 1. The highest BCUT2D eigenvalue weighted by molar-refractivity contribution is 5.63. The standard InChI is InChI=1S/C18H21N3O/c1-3-21(4-2)17-9-5-15(6-10-17)20-16-7-11-18(12-8-16)22-14-13-19/h5-12,20H,3-4,14H2,1-2H3. The second-order valence-corrected chi connectivity index (χ2v) is 4.82. The minimum Gasteiger partial charge on any atom is -0.479 e. The summed E-state index contributed by atoms with van der Waals surface area (Å²) in [6.45, 7) is 6.40. The summed E-state index contributed by atoms with van der Waals surface area (Å²) >= 11 is 0. The third-order valence-electron chi connectivity index (χ3n) is 3.44. The summed E-state index contributed by atoms with van der Waals surface area (Å²) in [4.78, 5) is 2.31. The lowest BCUT2D eigenvalue weighted by Crippen LogP contribution is -2.21. The van der Waals surface area contributed by atoms with Gasteiger partial charge in [0.15, 0.2) is 6.61 Å². The first-order valence-corrected chi connectivity index (χ1v) is 7.48. The largest absolute Gasteiger partial charge is 0.479 e. The average molecular weight is 295 g/mol. The molecule has 4 nitrogen and oxygen atoms in total. The van der Waals surface area contributed by atoms with Gasteiger partial charge >= 0.3 is 0 Å². The van der Waals surface area contributed by atoms with Crippen LogP contribution in [0, 0.1) is 11.3 Å². The van der Waals surface area contributed by atoms with Gasteiger partial charge in [0.2, 0.25) is 0 Å². The molecule has 0 aliphatic carbocycles. The molecule has 0 unspecified atom stereocenters. The number of benzene rings is 2. The van der Waals surface area contributed by atoms with Crippen molar-refractivity contribution >= 4 is 17.1 Å². The second-order valence-electron chi connectivity index (χ2n) is 4.82. The summed E-state index contributed by atoms with van der Waals surface area (Å²) in [6, 6.07) is 17.9. The van der Waals surface area contributed by atoms with E-state index in [1.165, 1.54) is 5.69 Å². The molecule has 0 radical (unpaired) electrons. The van der Waals surface area contributed by atoms with Crippen molar-refractivity contribution in [3.63, 3.8) is 0 Å². The summed E-state index contributed by atoms with van der Waals surface area (Å²) in [5.74, 6) is 0.698. The Hall–Kier alpha value is -2.67. The normalized spacial score (nSPS) is 9.86. The van der Waals surface area contributed by atoms with E-state index >= 15 is 0 Å². The van der Waals surface area contributed by atoms with Gasteiger partial charge in [0, 0.05) is 30.2 Å². The van der Waals surface area contributed by atoms with Crippen molar-refractivity contribution in [1.82, 2.24) is 0 Å². The van der Waals surface area contributed by atoms with E-state index in [1.54, 1.807) is 0 Å². The number of hydrogen-bond acceptors (Lipinski definition) is 4. The SMILES string of the molecule is CCN(CC)c1ccc(Nc2ccc(OCC#N)cc2)cc1. The molecule has 0 heterocycles. The Morgan fingerprint density at radius 3 is 2.00 bits per heavy atom. The first-order chi connectivity index (χ1) is 10.8. The van der Waals surface area contributed by atoms with Crippen molar-refractivity contribution in [2.75, 3.05) is 29.9 Å². The molecule has 2 aromatic rings. The monoisotopic (exact) mass is 295 g/mol. The zero-order valence-electron chi connectivity index (χ0n) is 13.0. The van der Waals surface area contributed by atoms with Crippen molar-refractivity contribution < 1.29 is 4.74 Å². The molecule has 114 valence electrons. The van der Waals surface area contributed by atoms with Crippen LogP contribution in [0.15, 0.2) is 48.5 Å². The number of nitriles is 1. The van der Waals surface area contributed by atoms with E-state index in [2.05, 4.69) is 48.3 Å². The van der Waals surface area contributed by atoms with Gasteiger partial charge in [-0.15, -0.1) is 0 Å². The van der Waals surface area contributed by atoms with Gasteiger partial charge in [0.25, 0.3) is 0 Å². The molecule has 0 saturated heterocycles.